The van der Waals surface area contributed by atoms with Gasteiger partial charge in [-0.2, -0.15) is 0 Å². The van der Waals surface area contributed by atoms with E-state index in [9.17, 15) is 4.79 Å². The highest BCUT2D eigenvalue weighted by atomic mass is 16.3. The molecule has 4 nitrogen and oxygen atoms in total. The summed E-state index contributed by atoms with van der Waals surface area (Å²) in [4.78, 5) is 14.0. The zero-order valence-corrected chi connectivity index (χ0v) is 10.7. The molecule has 0 bridgehead atoms. The van der Waals surface area contributed by atoms with E-state index in [4.69, 9.17) is 5.11 Å². The van der Waals surface area contributed by atoms with Crippen molar-refractivity contribution in [3.8, 4) is 5.75 Å². The number of nitrogens with one attached hydrogen (secondary N) is 1. The highest BCUT2D eigenvalue weighted by Gasteiger charge is 2.19. The lowest BCUT2D eigenvalue weighted by molar-refractivity contribution is -0.120. The molecule has 0 spiro atoms. The monoisotopic (exact) mass is 248 g/mol. The molecule has 1 aromatic rings. The predicted octanol–water partition coefficient (Wildman–Crippen LogP) is 1.00. The SMILES string of the molecule is CN1CCC(CNC(=O)Cc2ccc(O)cc2)C1. The molecular formula is C14H20N2O2. The topological polar surface area (TPSA) is 52.6 Å². The summed E-state index contributed by atoms with van der Waals surface area (Å²) in [7, 11) is 2.11. The molecule has 18 heavy (non-hydrogen) atoms. The van der Waals surface area contributed by atoms with Crippen molar-refractivity contribution in [1.82, 2.24) is 10.2 Å². The van der Waals surface area contributed by atoms with Gasteiger partial charge in [-0.15, -0.1) is 0 Å². The minimum Gasteiger partial charge on any atom is -0.508 e. The van der Waals surface area contributed by atoms with Crippen LogP contribution in [0.4, 0.5) is 0 Å². The number of benzene rings is 1. The Hall–Kier alpha value is -1.55. The first-order chi connectivity index (χ1) is 8.63. The number of carbonyl (C=O) groups is 1. The molecule has 1 heterocycles. The standard InChI is InChI=1S/C14H20N2O2/c1-16-7-6-12(10-16)9-15-14(18)8-11-2-4-13(17)5-3-11/h2-5,12,17H,6-10H2,1H3,(H,15,18). The molecule has 2 rings (SSSR count). The zero-order valence-electron chi connectivity index (χ0n) is 10.7. The first-order valence-corrected chi connectivity index (χ1v) is 6.36. The molecule has 1 atom stereocenters. The van der Waals surface area contributed by atoms with Gasteiger partial charge in [0.15, 0.2) is 0 Å². The quantitative estimate of drug-likeness (QED) is 0.836. The van der Waals surface area contributed by atoms with Crippen molar-refractivity contribution in [3.05, 3.63) is 29.8 Å². The number of rotatable bonds is 4. The molecule has 0 radical (unpaired) electrons. The molecule has 1 unspecified atom stereocenters. The van der Waals surface area contributed by atoms with Crippen molar-refractivity contribution >= 4 is 5.91 Å². The average Bonchev–Trinajstić information content (AvgIpc) is 2.76. The van der Waals surface area contributed by atoms with Crippen LogP contribution in [0, 0.1) is 5.92 Å². The Labute approximate surface area is 108 Å². The van der Waals surface area contributed by atoms with Crippen molar-refractivity contribution in [2.24, 2.45) is 5.92 Å². The number of hydrogen-bond donors (Lipinski definition) is 2. The van der Waals surface area contributed by atoms with Crippen LogP contribution in [0.1, 0.15) is 12.0 Å². The summed E-state index contributed by atoms with van der Waals surface area (Å²) in [5.74, 6) is 0.863. The van der Waals surface area contributed by atoms with Crippen LogP contribution in [0.25, 0.3) is 0 Å². The lowest BCUT2D eigenvalue weighted by Crippen LogP contribution is -2.31. The van der Waals surface area contributed by atoms with Crippen LogP contribution in [0.5, 0.6) is 5.75 Å². The molecule has 1 aliphatic rings. The van der Waals surface area contributed by atoms with E-state index in [1.165, 1.54) is 0 Å². The molecule has 4 heteroatoms. The Morgan fingerprint density at radius 1 is 1.44 bits per heavy atom. The lowest BCUT2D eigenvalue weighted by Gasteiger charge is -2.11. The number of hydrogen-bond acceptors (Lipinski definition) is 3. The van der Waals surface area contributed by atoms with Crippen molar-refractivity contribution in [1.29, 1.82) is 0 Å². The second-order valence-electron chi connectivity index (χ2n) is 5.06. The fraction of sp³-hybridized carbons (Fsp3) is 0.500. The predicted molar refractivity (Wildman–Crippen MR) is 70.4 cm³/mol. The van der Waals surface area contributed by atoms with Gasteiger partial charge in [0.1, 0.15) is 5.75 Å². The summed E-state index contributed by atoms with van der Waals surface area (Å²) in [5.41, 5.74) is 0.925. The fourth-order valence-corrected chi connectivity index (χ4v) is 2.31. The Balaban J connectivity index is 1.73. The summed E-state index contributed by atoms with van der Waals surface area (Å²) >= 11 is 0. The van der Waals surface area contributed by atoms with Crippen LogP contribution >= 0.6 is 0 Å². The van der Waals surface area contributed by atoms with Gasteiger partial charge < -0.3 is 15.3 Å². The second-order valence-corrected chi connectivity index (χ2v) is 5.06. The minimum atomic E-state index is 0.0512. The molecule has 1 fully saturated rings. The van der Waals surface area contributed by atoms with Crippen molar-refractivity contribution in [3.63, 3.8) is 0 Å². The Morgan fingerprint density at radius 2 is 2.17 bits per heavy atom. The molecule has 98 valence electrons. The first kappa shape index (κ1) is 12.9. The van der Waals surface area contributed by atoms with Crippen LogP contribution < -0.4 is 5.32 Å². The maximum absolute atomic E-state index is 11.7. The number of aromatic hydroxyl groups is 1. The molecule has 0 aromatic heterocycles. The van der Waals surface area contributed by atoms with Gasteiger partial charge in [-0.3, -0.25) is 4.79 Å². The van der Waals surface area contributed by atoms with Crippen molar-refractivity contribution < 1.29 is 9.90 Å². The normalized spacial score (nSPS) is 19.9. The van der Waals surface area contributed by atoms with E-state index < -0.39 is 0 Å². The van der Waals surface area contributed by atoms with Crippen LogP contribution in [0.15, 0.2) is 24.3 Å². The molecule has 1 aliphatic heterocycles. The van der Waals surface area contributed by atoms with Crippen LogP contribution in [0.3, 0.4) is 0 Å². The van der Waals surface area contributed by atoms with Gasteiger partial charge >= 0.3 is 0 Å². The first-order valence-electron chi connectivity index (χ1n) is 6.36. The third kappa shape index (κ3) is 3.74. The summed E-state index contributed by atoms with van der Waals surface area (Å²) in [6.45, 7) is 2.96. The van der Waals surface area contributed by atoms with Crippen LogP contribution in [0.2, 0.25) is 0 Å². The summed E-state index contributed by atoms with van der Waals surface area (Å²) in [6, 6.07) is 6.76. The van der Waals surface area contributed by atoms with Crippen LogP contribution in [-0.2, 0) is 11.2 Å². The zero-order chi connectivity index (χ0) is 13.0. The number of nitrogens with zero attached hydrogens (tertiary/aromatic N) is 1. The molecular weight excluding hydrogens is 228 g/mol. The molecule has 1 amide bonds. The number of likely N-dealkylation sites (tertiary alicyclic amines) is 1. The lowest BCUT2D eigenvalue weighted by atomic mass is 10.1. The Kier molecular flexibility index (Phi) is 4.20. The summed E-state index contributed by atoms with van der Waals surface area (Å²) in [6.07, 6.45) is 1.54. The Morgan fingerprint density at radius 3 is 2.78 bits per heavy atom. The van der Waals surface area contributed by atoms with Gasteiger partial charge in [0, 0.05) is 13.1 Å². The van der Waals surface area contributed by atoms with Gasteiger partial charge in [0.25, 0.3) is 0 Å². The highest BCUT2D eigenvalue weighted by Crippen LogP contribution is 2.13. The van der Waals surface area contributed by atoms with Crippen molar-refractivity contribution in [2.75, 3.05) is 26.7 Å². The number of carbonyl (C=O) groups excluding carboxylic acids is 1. The maximum Gasteiger partial charge on any atom is 0.224 e. The Bertz CT molecular complexity index is 403. The summed E-state index contributed by atoms with van der Waals surface area (Å²) < 4.78 is 0. The second kappa shape index (κ2) is 5.87. The molecule has 1 aromatic carbocycles. The third-order valence-electron chi connectivity index (χ3n) is 3.38. The van der Waals surface area contributed by atoms with Gasteiger partial charge in [0.05, 0.1) is 6.42 Å². The molecule has 0 saturated carbocycles. The van der Waals surface area contributed by atoms with E-state index in [-0.39, 0.29) is 11.7 Å². The van der Waals surface area contributed by atoms with Crippen LogP contribution in [-0.4, -0.2) is 42.6 Å². The number of phenolic OH excluding ortho intramolecular Hbond substituents is 1. The van der Waals surface area contributed by atoms with Crippen molar-refractivity contribution in [2.45, 2.75) is 12.8 Å². The average molecular weight is 248 g/mol. The molecule has 0 aliphatic carbocycles. The summed E-state index contributed by atoms with van der Waals surface area (Å²) in [5, 5.41) is 12.1. The number of amides is 1. The van der Waals surface area contributed by atoms with E-state index >= 15 is 0 Å². The van der Waals surface area contributed by atoms with E-state index in [1.807, 2.05) is 0 Å². The largest absolute Gasteiger partial charge is 0.508 e. The maximum atomic E-state index is 11.7. The van der Waals surface area contributed by atoms with E-state index in [0.717, 1.165) is 31.6 Å². The fourth-order valence-electron chi connectivity index (χ4n) is 2.31. The smallest absolute Gasteiger partial charge is 0.224 e. The third-order valence-corrected chi connectivity index (χ3v) is 3.38. The van der Waals surface area contributed by atoms with Gasteiger partial charge in [-0.25, -0.2) is 0 Å². The van der Waals surface area contributed by atoms with E-state index in [1.54, 1.807) is 24.3 Å². The molecule has 1 saturated heterocycles. The van der Waals surface area contributed by atoms with E-state index in [0.29, 0.717) is 12.3 Å². The minimum absolute atomic E-state index is 0.0512. The molecule has 2 N–H and O–H groups in total. The van der Waals surface area contributed by atoms with E-state index in [2.05, 4.69) is 17.3 Å². The van der Waals surface area contributed by atoms with Gasteiger partial charge in [-0.05, 0) is 43.6 Å². The van der Waals surface area contributed by atoms with Gasteiger partial charge in [0.2, 0.25) is 5.91 Å². The van der Waals surface area contributed by atoms with Gasteiger partial charge in [-0.1, -0.05) is 12.1 Å². The highest BCUT2D eigenvalue weighted by molar-refractivity contribution is 5.78. The number of phenols is 1.